The largest absolute Gasteiger partial charge is 0.447 e. The summed E-state index contributed by atoms with van der Waals surface area (Å²) in [5, 5.41) is 12.7. The first-order chi connectivity index (χ1) is 7.90. The maximum atomic E-state index is 11.4. The molecule has 0 heterocycles. The van der Waals surface area contributed by atoms with E-state index in [2.05, 4.69) is 19.2 Å². The van der Waals surface area contributed by atoms with Gasteiger partial charge in [0, 0.05) is 0 Å². The van der Waals surface area contributed by atoms with Crippen molar-refractivity contribution in [2.24, 2.45) is 5.92 Å². The van der Waals surface area contributed by atoms with Gasteiger partial charge in [0.15, 0.2) is 0 Å². The van der Waals surface area contributed by atoms with Gasteiger partial charge in [-0.25, -0.2) is 4.79 Å². The highest BCUT2D eigenvalue weighted by Gasteiger charge is 2.22. The lowest BCUT2D eigenvalue weighted by molar-refractivity contribution is 0.0772. The van der Waals surface area contributed by atoms with Crippen molar-refractivity contribution in [1.29, 1.82) is 0 Å². The number of amides is 1. The fourth-order valence-electron chi connectivity index (χ4n) is 1.61. The maximum absolute atomic E-state index is 11.4. The first-order valence-corrected chi connectivity index (χ1v) is 6.55. The molecule has 17 heavy (non-hydrogen) atoms. The number of hydrogen-bond acceptors (Lipinski definition) is 3. The van der Waals surface area contributed by atoms with E-state index in [-0.39, 0.29) is 12.1 Å². The predicted molar refractivity (Wildman–Crippen MR) is 68.9 cm³/mol. The second-order valence-corrected chi connectivity index (χ2v) is 4.93. The van der Waals surface area contributed by atoms with Crippen molar-refractivity contribution in [3.8, 4) is 0 Å². The zero-order chi connectivity index (χ0) is 13.4. The Morgan fingerprint density at radius 1 is 1.24 bits per heavy atom. The van der Waals surface area contributed by atoms with E-state index in [0.29, 0.717) is 18.8 Å². The number of carbonyl (C=O) groups excluding carboxylic acids is 1. The number of carbonyl (C=O) groups is 1. The Hall–Kier alpha value is -0.770. The molecule has 0 radical (unpaired) electrons. The molecule has 0 fully saturated rings. The molecule has 4 heteroatoms. The quantitative estimate of drug-likeness (QED) is 0.725. The Balaban J connectivity index is 4.17. The smallest absolute Gasteiger partial charge is 0.407 e. The van der Waals surface area contributed by atoms with E-state index in [0.717, 1.165) is 6.42 Å². The molecule has 0 rings (SSSR count). The van der Waals surface area contributed by atoms with Crippen molar-refractivity contribution >= 4 is 6.09 Å². The molecular formula is C13H27NO3. The first-order valence-electron chi connectivity index (χ1n) is 6.55. The van der Waals surface area contributed by atoms with Gasteiger partial charge in [-0.05, 0) is 32.6 Å². The van der Waals surface area contributed by atoms with Crippen LogP contribution in [-0.4, -0.2) is 29.4 Å². The van der Waals surface area contributed by atoms with E-state index in [1.54, 1.807) is 13.8 Å². The van der Waals surface area contributed by atoms with Crippen molar-refractivity contribution in [2.75, 3.05) is 0 Å². The summed E-state index contributed by atoms with van der Waals surface area (Å²) in [6.07, 6.45) is 1.34. The lowest BCUT2D eigenvalue weighted by Crippen LogP contribution is -2.44. The molecule has 0 saturated heterocycles. The SMILES string of the molecule is CCC(C)CC(O)C(CC)NC(=O)OC(C)C. The van der Waals surface area contributed by atoms with E-state index in [1.807, 2.05) is 6.92 Å². The number of hydrogen-bond donors (Lipinski definition) is 2. The van der Waals surface area contributed by atoms with Crippen LogP contribution >= 0.6 is 0 Å². The summed E-state index contributed by atoms with van der Waals surface area (Å²) < 4.78 is 5.00. The molecule has 3 unspecified atom stereocenters. The zero-order valence-electron chi connectivity index (χ0n) is 11.7. The average molecular weight is 245 g/mol. The van der Waals surface area contributed by atoms with Gasteiger partial charge in [-0.1, -0.05) is 27.2 Å². The van der Waals surface area contributed by atoms with Gasteiger partial charge in [0.25, 0.3) is 0 Å². The minimum atomic E-state index is -0.505. The number of aliphatic hydroxyl groups is 1. The highest BCUT2D eigenvalue weighted by atomic mass is 16.6. The van der Waals surface area contributed by atoms with Crippen LogP contribution < -0.4 is 5.32 Å². The maximum Gasteiger partial charge on any atom is 0.407 e. The second kappa shape index (κ2) is 8.34. The van der Waals surface area contributed by atoms with Gasteiger partial charge in [0.1, 0.15) is 0 Å². The predicted octanol–water partition coefficient (Wildman–Crippen LogP) is 2.70. The summed E-state index contributed by atoms with van der Waals surface area (Å²) in [6.45, 7) is 9.74. The number of aliphatic hydroxyl groups excluding tert-OH is 1. The second-order valence-electron chi connectivity index (χ2n) is 4.93. The molecule has 0 aliphatic heterocycles. The number of ether oxygens (including phenoxy) is 1. The van der Waals surface area contributed by atoms with Gasteiger partial charge in [-0.15, -0.1) is 0 Å². The van der Waals surface area contributed by atoms with Crippen LogP contribution in [0.15, 0.2) is 0 Å². The van der Waals surface area contributed by atoms with Gasteiger partial charge in [0.05, 0.1) is 18.2 Å². The van der Waals surface area contributed by atoms with Gasteiger partial charge in [0.2, 0.25) is 0 Å². The Morgan fingerprint density at radius 2 is 1.82 bits per heavy atom. The standard InChI is InChI=1S/C13H27NO3/c1-6-10(5)8-12(15)11(7-2)14-13(16)17-9(3)4/h9-12,15H,6-8H2,1-5H3,(H,14,16). The lowest BCUT2D eigenvalue weighted by Gasteiger charge is -2.25. The van der Waals surface area contributed by atoms with Crippen molar-refractivity contribution in [2.45, 2.75) is 72.1 Å². The molecule has 0 bridgehead atoms. The monoisotopic (exact) mass is 245 g/mol. The van der Waals surface area contributed by atoms with Crippen LogP contribution in [0.1, 0.15) is 53.9 Å². The fraction of sp³-hybridized carbons (Fsp3) is 0.923. The summed E-state index contributed by atoms with van der Waals surface area (Å²) in [5.74, 6) is 0.460. The number of nitrogens with one attached hydrogen (secondary N) is 1. The van der Waals surface area contributed by atoms with Crippen LogP contribution in [0.3, 0.4) is 0 Å². The summed E-state index contributed by atoms with van der Waals surface area (Å²) in [6, 6.07) is -0.227. The Kier molecular flexibility index (Phi) is 7.96. The molecule has 102 valence electrons. The van der Waals surface area contributed by atoms with Gasteiger partial charge in [-0.3, -0.25) is 0 Å². The summed E-state index contributed by atoms with van der Waals surface area (Å²) in [4.78, 5) is 11.4. The minimum Gasteiger partial charge on any atom is -0.447 e. The molecule has 0 spiro atoms. The minimum absolute atomic E-state index is 0.140. The molecular weight excluding hydrogens is 218 g/mol. The van der Waals surface area contributed by atoms with Crippen molar-refractivity contribution < 1.29 is 14.6 Å². The lowest BCUT2D eigenvalue weighted by atomic mass is 9.95. The van der Waals surface area contributed by atoms with Crippen LogP contribution in [0.4, 0.5) is 4.79 Å². The van der Waals surface area contributed by atoms with Crippen LogP contribution in [0, 0.1) is 5.92 Å². The summed E-state index contributed by atoms with van der Waals surface area (Å²) in [5.41, 5.74) is 0. The molecule has 1 amide bonds. The van der Waals surface area contributed by atoms with Gasteiger partial charge in [-0.2, -0.15) is 0 Å². The molecule has 0 aromatic heterocycles. The number of rotatable bonds is 7. The van der Waals surface area contributed by atoms with E-state index < -0.39 is 12.2 Å². The Labute approximate surface area is 105 Å². The molecule has 3 atom stereocenters. The fourth-order valence-corrected chi connectivity index (χ4v) is 1.61. The van der Waals surface area contributed by atoms with Crippen LogP contribution in [-0.2, 0) is 4.74 Å². The van der Waals surface area contributed by atoms with Crippen molar-refractivity contribution in [3.05, 3.63) is 0 Å². The molecule has 2 N–H and O–H groups in total. The molecule has 0 saturated carbocycles. The van der Waals surface area contributed by atoms with Crippen LogP contribution in [0.5, 0.6) is 0 Å². The van der Waals surface area contributed by atoms with E-state index >= 15 is 0 Å². The van der Waals surface area contributed by atoms with Crippen molar-refractivity contribution in [3.63, 3.8) is 0 Å². The Morgan fingerprint density at radius 3 is 2.24 bits per heavy atom. The highest BCUT2D eigenvalue weighted by molar-refractivity contribution is 5.67. The topological polar surface area (TPSA) is 58.6 Å². The zero-order valence-corrected chi connectivity index (χ0v) is 11.7. The molecule has 4 nitrogen and oxygen atoms in total. The molecule has 0 aromatic carbocycles. The van der Waals surface area contributed by atoms with E-state index in [4.69, 9.17) is 4.74 Å². The summed E-state index contributed by atoms with van der Waals surface area (Å²) in [7, 11) is 0. The number of alkyl carbamates (subject to hydrolysis) is 1. The average Bonchev–Trinajstić information content (AvgIpc) is 2.24. The third-order valence-corrected chi connectivity index (χ3v) is 2.89. The molecule has 0 aliphatic carbocycles. The third-order valence-electron chi connectivity index (χ3n) is 2.89. The van der Waals surface area contributed by atoms with Crippen molar-refractivity contribution in [1.82, 2.24) is 5.32 Å². The summed E-state index contributed by atoms with van der Waals surface area (Å²) >= 11 is 0. The normalized spacial score (nSPS) is 16.4. The van der Waals surface area contributed by atoms with Gasteiger partial charge < -0.3 is 15.2 Å². The third kappa shape index (κ3) is 7.21. The van der Waals surface area contributed by atoms with E-state index in [1.165, 1.54) is 0 Å². The van der Waals surface area contributed by atoms with Crippen LogP contribution in [0.2, 0.25) is 0 Å². The molecule has 0 aromatic rings. The van der Waals surface area contributed by atoms with Gasteiger partial charge >= 0.3 is 6.09 Å². The van der Waals surface area contributed by atoms with Crippen LogP contribution in [0.25, 0.3) is 0 Å². The highest BCUT2D eigenvalue weighted by Crippen LogP contribution is 2.14. The van der Waals surface area contributed by atoms with E-state index in [9.17, 15) is 9.90 Å². The first kappa shape index (κ1) is 16.2. The Bertz CT molecular complexity index is 219. The molecule has 0 aliphatic rings.